The van der Waals surface area contributed by atoms with Crippen molar-refractivity contribution in [3.63, 3.8) is 0 Å². The number of benzene rings is 1. The molecule has 1 saturated heterocycles. The summed E-state index contributed by atoms with van der Waals surface area (Å²) in [5.74, 6) is 0.190. The first-order valence-corrected chi connectivity index (χ1v) is 12.4. The Hall–Kier alpha value is -2.63. The van der Waals surface area contributed by atoms with Crippen LogP contribution in [0.4, 0.5) is 0 Å². The molecule has 0 radical (unpaired) electrons. The lowest BCUT2D eigenvalue weighted by atomic mass is 9.95. The molecule has 32 heavy (non-hydrogen) atoms. The lowest BCUT2D eigenvalue weighted by Gasteiger charge is -2.31. The molecule has 0 spiro atoms. The molecule has 2 aliphatic rings. The van der Waals surface area contributed by atoms with Crippen LogP contribution < -0.4 is 5.32 Å². The van der Waals surface area contributed by atoms with Crippen LogP contribution in [0.15, 0.2) is 30.3 Å². The fourth-order valence-corrected chi connectivity index (χ4v) is 4.96. The standard InChI is InChI=1S/C26H36N4O2/c1-2-3-10-17-27-25(31)20-15-18-29(19-16-20)26(32)24-22-13-8-5-9-14-23(22)30(28-24)21-11-6-4-7-12-21/h4,6-7,11-12,20H,2-3,5,8-10,13-19H2,1H3,(H,27,31). The monoisotopic (exact) mass is 436 g/mol. The summed E-state index contributed by atoms with van der Waals surface area (Å²) in [5, 5.41) is 7.91. The Bertz CT molecular complexity index is 913. The van der Waals surface area contributed by atoms with Crippen molar-refractivity contribution in [2.24, 2.45) is 5.92 Å². The van der Waals surface area contributed by atoms with Gasteiger partial charge in [-0.2, -0.15) is 5.10 Å². The van der Waals surface area contributed by atoms with Crippen LogP contribution in [0.3, 0.4) is 0 Å². The average molecular weight is 437 g/mol. The molecule has 0 unspecified atom stereocenters. The zero-order valence-electron chi connectivity index (χ0n) is 19.3. The van der Waals surface area contributed by atoms with Gasteiger partial charge in [0.15, 0.2) is 5.69 Å². The van der Waals surface area contributed by atoms with Crippen LogP contribution in [0.25, 0.3) is 5.69 Å². The first kappa shape index (κ1) is 22.6. The molecule has 1 N–H and O–H groups in total. The van der Waals surface area contributed by atoms with Crippen LogP contribution in [-0.4, -0.2) is 46.1 Å². The number of para-hydroxylation sites is 1. The normalized spacial score (nSPS) is 17.0. The number of carbonyl (C=O) groups excluding carboxylic acids is 2. The number of fused-ring (bicyclic) bond motifs is 1. The Morgan fingerprint density at radius 3 is 2.53 bits per heavy atom. The third-order valence-corrected chi connectivity index (χ3v) is 6.87. The molecule has 4 rings (SSSR count). The van der Waals surface area contributed by atoms with Crippen molar-refractivity contribution in [2.75, 3.05) is 19.6 Å². The van der Waals surface area contributed by atoms with Gasteiger partial charge in [-0.3, -0.25) is 9.59 Å². The highest BCUT2D eigenvalue weighted by molar-refractivity contribution is 5.94. The van der Waals surface area contributed by atoms with E-state index in [4.69, 9.17) is 5.10 Å². The number of unbranched alkanes of at least 4 members (excludes halogenated alkanes) is 2. The van der Waals surface area contributed by atoms with E-state index in [1.54, 1.807) is 0 Å². The highest BCUT2D eigenvalue weighted by Gasteiger charge is 2.31. The van der Waals surface area contributed by atoms with Gasteiger partial charge in [0.25, 0.3) is 5.91 Å². The molecule has 0 bridgehead atoms. The molecule has 0 saturated carbocycles. The summed E-state index contributed by atoms with van der Waals surface area (Å²) in [7, 11) is 0. The van der Waals surface area contributed by atoms with Crippen molar-refractivity contribution < 1.29 is 9.59 Å². The topological polar surface area (TPSA) is 67.2 Å². The van der Waals surface area contributed by atoms with Crippen molar-refractivity contribution in [1.29, 1.82) is 0 Å². The molecular weight excluding hydrogens is 400 g/mol. The van der Waals surface area contributed by atoms with Gasteiger partial charge in [0, 0.05) is 36.8 Å². The van der Waals surface area contributed by atoms with Gasteiger partial charge in [-0.1, -0.05) is 44.4 Å². The second-order valence-electron chi connectivity index (χ2n) is 9.15. The number of aromatic nitrogens is 2. The fraction of sp³-hybridized carbons (Fsp3) is 0.577. The van der Waals surface area contributed by atoms with Gasteiger partial charge in [0.1, 0.15) is 0 Å². The van der Waals surface area contributed by atoms with Crippen LogP contribution in [0.2, 0.25) is 0 Å². The first-order valence-electron chi connectivity index (χ1n) is 12.4. The summed E-state index contributed by atoms with van der Waals surface area (Å²) in [6.07, 6.45) is 10.1. The van der Waals surface area contributed by atoms with Gasteiger partial charge < -0.3 is 10.2 Å². The Balaban J connectivity index is 1.45. The largest absolute Gasteiger partial charge is 0.356 e. The summed E-state index contributed by atoms with van der Waals surface area (Å²) < 4.78 is 1.99. The van der Waals surface area contributed by atoms with Crippen molar-refractivity contribution in [2.45, 2.75) is 71.1 Å². The molecule has 0 atom stereocenters. The molecule has 1 aliphatic heterocycles. The Morgan fingerprint density at radius 1 is 1.03 bits per heavy atom. The summed E-state index contributed by atoms with van der Waals surface area (Å²) in [6.45, 7) is 4.17. The molecule has 1 fully saturated rings. The van der Waals surface area contributed by atoms with Crippen LogP contribution in [0, 0.1) is 5.92 Å². The number of nitrogens with zero attached hydrogens (tertiary/aromatic N) is 3. The molecule has 172 valence electrons. The van der Waals surface area contributed by atoms with Crippen molar-refractivity contribution in [3.8, 4) is 5.69 Å². The maximum Gasteiger partial charge on any atom is 0.274 e. The van der Waals surface area contributed by atoms with Gasteiger partial charge in [0.2, 0.25) is 5.91 Å². The lowest BCUT2D eigenvalue weighted by molar-refractivity contribution is -0.126. The Kier molecular flexibility index (Phi) is 7.61. The molecule has 1 aromatic carbocycles. The predicted molar refractivity (Wildman–Crippen MR) is 126 cm³/mol. The third kappa shape index (κ3) is 5.05. The predicted octanol–water partition coefficient (Wildman–Crippen LogP) is 4.30. The average Bonchev–Trinajstić information content (AvgIpc) is 3.02. The SMILES string of the molecule is CCCCCNC(=O)C1CCN(C(=O)c2nn(-c3ccccc3)c3c2CCCCC3)CC1. The zero-order chi connectivity index (χ0) is 22.3. The Morgan fingerprint density at radius 2 is 1.78 bits per heavy atom. The number of hydrogen-bond donors (Lipinski definition) is 1. The van der Waals surface area contributed by atoms with Gasteiger partial charge in [0.05, 0.1) is 5.69 Å². The molecule has 6 nitrogen and oxygen atoms in total. The molecule has 6 heteroatoms. The highest BCUT2D eigenvalue weighted by atomic mass is 16.2. The molecule has 2 heterocycles. The smallest absolute Gasteiger partial charge is 0.274 e. The van der Waals surface area contributed by atoms with Gasteiger partial charge >= 0.3 is 0 Å². The van der Waals surface area contributed by atoms with E-state index in [2.05, 4.69) is 24.4 Å². The van der Waals surface area contributed by atoms with Gasteiger partial charge in [-0.05, 0) is 57.1 Å². The van der Waals surface area contributed by atoms with E-state index in [0.29, 0.717) is 18.8 Å². The van der Waals surface area contributed by atoms with Crippen LogP contribution in [0.1, 0.15) is 80.0 Å². The Labute approximate surface area is 191 Å². The number of amides is 2. The maximum absolute atomic E-state index is 13.5. The highest BCUT2D eigenvalue weighted by Crippen LogP contribution is 2.28. The molecule has 1 aliphatic carbocycles. The quantitative estimate of drug-likeness (QED) is 0.520. The second-order valence-corrected chi connectivity index (χ2v) is 9.15. The van der Waals surface area contributed by atoms with E-state index in [9.17, 15) is 9.59 Å². The van der Waals surface area contributed by atoms with Crippen molar-refractivity contribution in [1.82, 2.24) is 20.0 Å². The summed E-state index contributed by atoms with van der Waals surface area (Å²) in [6, 6.07) is 10.1. The fourth-order valence-electron chi connectivity index (χ4n) is 4.96. The van der Waals surface area contributed by atoms with E-state index in [-0.39, 0.29) is 17.7 Å². The van der Waals surface area contributed by atoms with Crippen molar-refractivity contribution in [3.05, 3.63) is 47.3 Å². The van der Waals surface area contributed by atoms with E-state index >= 15 is 0 Å². The maximum atomic E-state index is 13.5. The number of rotatable bonds is 7. The van der Waals surface area contributed by atoms with E-state index in [0.717, 1.165) is 75.6 Å². The molecule has 2 amide bonds. The third-order valence-electron chi connectivity index (χ3n) is 6.87. The van der Waals surface area contributed by atoms with Crippen LogP contribution >= 0.6 is 0 Å². The van der Waals surface area contributed by atoms with E-state index < -0.39 is 0 Å². The van der Waals surface area contributed by atoms with Crippen LogP contribution in [0.5, 0.6) is 0 Å². The lowest BCUT2D eigenvalue weighted by Crippen LogP contribution is -2.43. The summed E-state index contributed by atoms with van der Waals surface area (Å²) in [4.78, 5) is 27.9. The van der Waals surface area contributed by atoms with Crippen LogP contribution in [-0.2, 0) is 17.6 Å². The first-order chi connectivity index (χ1) is 15.7. The minimum Gasteiger partial charge on any atom is -0.356 e. The van der Waals surface area contributed by atoms with E-state index in [1.165, 1.54) is 12.1 Å². The zero-order valence-corrected chi connectivity index (χ0v) is 19.3. The number of carbonyl (C=O) groups is 2. The number of piperidine rings is 1. The summed E-state index contributed by atoms with van der Waals surface area (Å²) in [5.41, 5.74) is 3.96. The van der Waals surface area contributed by atoms with Gasteiger partial charge in [-0.25, -0.2) is 4.68 Å². The van der Waals surface area contributed by atoms with Gasteiger partial charge in [-0.15, -0.1) is 0 Å². The molecule has 1 aromatic heterocycles. The van der Waals surface area contributed by atoms with E-state index in [1.807, 2.05) is 27.8 Å². The number of hydrogen-bond acceptors (Lipinski definition) is 3. The molecule has 2 aromatic rings. The molecular formula is C26H36N4O2. The summed E-state index contributed by atoms with van der Waals surface area (Å²) >= 11 is 0. The number of likely N-dealkylation sites (tertiary alicyclic amines) is 1. The van der Waals surface area contributed by atoms with Crippen molar-refractivity contribution >= 4 is 11.8 Å². The minimum atomic E-state index is 0.0136. The number of nitrogens with one attached hydrogen (secondary N) is 1. The second kappa shape index (κ2) is 10.8. The minimum absolute atomic E-state index is 0.0136.